The zero-order valence-electron chi connectivity index (χ0n) is 17.1. The van der Waals surface area contributed by atoms with Crippen LogP contribution in [-0.2, 0) is 4.74 Å². The van der Waals surface area contributed by atoms with E-state index in [0.717, 1.165) is 44.7 Å². The third-order valence-electron chi connectivity index (χ3n) is 5.58. The summed E-state index contributed by atoms with van der Waals surface area (Å²) in [5, 5.41) is 9.59. The van der Waals surface area contributed by atoms with Gasteiger partial charge in [-0.05, 0) is 50.9 Å². The molecule has 0 atom stereocenters. The number of thiophene rings is 1. The van der Waals surface area contributed by atoms with Gasteiger partial charge in [0.05, 0.1) is 23.9 Å². The second-order valence-corrected chi connectivity index (χ2v) is 8.33. The van der Waals surface area contributed by atoms with E-state index in [1.165, 1.54) is 31.3 Å². The van der Waals surface area contributed by atoms with Gasteiger partial charge in [-0.3, -0.25) is 4.79 Å². The quantitative estimate of drug-likeness (QED) is 0.684. The van der Waals surface area contributed by atoms with E-state index < -0.39 is 5.97 Å². The average Bonchev–Trinajstić information content (AvgIpc) is 3.46. The minimum absolute atomic E-state index is 0.0819. The molecule has 0 unspecified atom stereocenters. The maximum absolute atomic E-state index is 13.1. The molecule has 1 amide bonds. The van der Waals surface area contributed by atoms with E-state index in [-0.39, 0.29) is 12.0 Å². The first kappa shape index (κ1) is 20.7. The van der Waals surface area contributed by atoms with Gasteiger partial charge in [0.15, 0.2) is 0 Å². The largest absolute Gasteiger partial charge is 0.489 e. The smallest absolute Gasteiger partial charge is 0.340 e. The van der Waals surface area contributed by atoms with Gasteiger partial charge < -0.3 is 25.0 Å². The van der Waals surface area contributed by atoms with Crippen molar-refractivity contribution in [3.63, 3.8) is 0 Å². The van der Waals surface area contributed by atoms with E-state index in [2.05, 4.69) is 15.5 Å². The van der Waals surface area contributed by atoms with Crippen molar-refractivity contribution in [3.8, 4) is 5.75 Å². The topological polar surface area (TPSA) is 79.9 Å². The summed E-state index contributed by atoms with van der Waals surface area (Å²) in [6.45, 7) is 3.87. The predicted molar refractivity (Wildman–Crippen MR) is 118 cm³/mol. The van der Waals surface area contributed by atoms with Crippen LogP contribution in [0.5, 0.6) is 5.75 Å². The molecule has 1 aromatic heterocycles. The van der Waals surface area contributed by atoms with Crippen molar-refractivity contribution in [2.75, 3.05) is 43.5 Å². The lowest BCUT2D eigenvalue weighted by molar-refractivity contribution is 0.0602. The average molecular weight is 430 g/mol. The molecular weight excluding hydrogens is 402 g/mol. The van der Waals surface area contributed by atoms with Crippen molar-refractivity contribution in [2.24, 2.45) is 0 Å². The zero-order chi connectivity index (χ0) is 20.9. The molecule has 2 aliphatic rings. The third kappa shape index (κ3) is 4.60. The number of hydrogen-bond acceptors (Lipinski definition) is 7. The number of piperidine rings is 1. The molecule has 0 aliphatic carbocycles. The van der Waals surface area contributed by atoms with Crippen LogP contribution < -0.4 is 20.3 Å². The SMILES string of the molecule is COC(=O)c1cscc1NC(=O)c1ccc(N2CCCC2)cc1OC1CCNCC1. The van der Waals surface area contributed by atoms with Crippen LogP contribution in [0.25, 0.3) is 0 Å². The van der Waals surface area contributed by atoms with Crippen LogP contribution in [-0.4, -0.2) is 51.3 Å². The number of hydrogen-bond donors (Lipinski definition) is 2. The molecule has 2 aliphatic heterocycles. The number of anilines is 2. The summed E-state index contributed by atoms with van der Waals surface area (Å²) in [7, 11) is 1.33. The number of amides is 1. The fourth-order valence-corrected chi connectivity index (χ4v) is 4.66. The van der Waals surface area contributed by atoms with Crippen LogP contribution in [0, 0.1) is 0 Å². The summed E-state index contributed by atoms with van der Waals surface area (Å²) in [5.74, 6) is -0.170. The van der Waals surface area contributed by atoms with Gasteiger partial charge in [0.1, 0.15) is 11.9 Å². The molecule has 0 spiro atoms. The van der Waals surface area contributed by atoms with E-state index in [1.807, 2.05) is 18.2 Å². The summed E-state index contributed by atoms with van der Waals surface area (Å²) in [5.41, 5.74) is 2.36. The Morgan fingerprint density at radius 1 is 1.13 bits per heavy atom. The highest BCUT2D eigenvalue weighted by Crippen LogP contribution is 2.31. The highest BCUT2D eigenvalue weighted by Gasteiger charge is 2.23. The Kier molecular flexibility index (Phi) is 6.54. The van der Waals surface area contributed by atoms with Crippen LogP contribution in [0.4, 0.5) is 11.4 Å². The summed E-state index contributed by atoms with van der Waals surface area (Å²) >= 11 is 1.34. The third-order valence-corrected chi connectivity index (χ3v) is 6.32. The van der Waals surface area contributed by atoms with Gasteiger partial charge in [-0.25, -0.2) is 4.79 Å². The highest BCUT2D eigenvalue weighted by molar-refractivity contribution is 7.08. The summed E-state index contributed by atoms with van der Waals surface area (Å²) in [6.07, 6.45) is 4.26. The number of nitrogens with zero attached hydrogens (tertiary/aromatic N) is 1. The Labute approximate surface area is 180 Å². The van der Waals surface area contributed by atoms with Gasteiger partial charge in [0, 0.05) is 35.6 Å². The molecule has 0 radical (unpaired) electrons. The van der Waals surface area contributed by atoms with E-state index in [9.17, 15) is 9.59 Å². The van der Waals surface area contributed by atoms with Crippen molar-refractivity contribution in [1.82, 2.24) is 5.32 Å². The van der Waals surface area contributed by atoms with E-state index in [0.29, 0.717) is 22.6 Å². The molecule has 3 heterocycles. The molecule has 1 aromatic carbocycles. The van der Waals surface area contributed by atoms with E-state index >= 15 is 0 Å². The van der Waals surface area contributed by atoms with Crippen molar-refractivity contribution >= 4 is 34.6 Å². The minimum Gasteiger partial charge on any atom is -0.489 e. The number of benzene rings is 1. The fraction of sp³-hybridized carbons (Fsp3) is 0.455. The Hall–Kier alpha value is -2.58. The summed E-state index contributed by atoms with van der Waals surface area (Å²) in [4.78, 5) is 27.4. The number of methoxy groups -OCH3 is 1. The van der Waals surface area contributed by atoms with Crippen molar-refractivity contribution < 1.29 is 19.1 Å². The molecule has 2 N–H and O–H groups in total. The van der Waals surface area contributed by atoms with E-state index in [4.69, 9.17) is 9.47 Å². The molecule has 30 heavy (non-hydrogen) atoms. The normalized spacial score (nSPS) is 17.0. The Balaban J connectivity index is 1.59. The van der Waals surface area contributed by atoms with Crippen LogP contribution >= 0.6 is 11.3 Å². The van der Waals surface area contributed by atoms with Gasteiger partial charge in [0.2, 0.25) is 0 Å². The molecule has 2 fully saturated rings. The molecular formula is C22H27N3O4S. The fourth-order valence-electron chi connectivity index (χ4n) is 3.91. The first-order valence-electron chi connectivity index (χ1n) is 10.4. The predicted octanol–water partition coefficient (Wildman–Crippen LogP) is 3.52. The van der Waals surface area contributed by atoms with Crippen molar-refractivity contribution in [1.29, 1.82) is 0 Å². The minimum atomic E-state index is -0.470. The lowest BCUT2D eigenvalue weighted by atomic mass is 10.1. The molecule has 0 saturated carbocycles. The summed E-state index contributed by atoms with van der Waals surface area (Å²) in [6, 6.07) is 5.78. The molecule has 2 aromatic rings. The molecule has 0 bridgehead atoms. The zero-order valence-corrected chi connectivity index (χ0v) is 17.9. The second kappa shape index (κ2) is 9.49. The second-order valence-electron chi connectivity index (χ2n) is 7.59. The number of carbonyl (C=O) groups excluding carboxylic acids is 2. The number of ether oxygens (including phenoxy) is 2. The van der Waals surface area contributed by atoms with Gasteiger partial charge in [0.25, 0.3) is 5.91 Å². The van der Waals surface area contributed by atoms with Crippen LogP contribution in [0.2, 0.25) is 0 Å². The molecule has 2 saturated heterocycles. The van der Waals surface area contributed by atoms with Crippen molar-refractivity contribution in [3.05, 3.63) is 40.1 Å². The molecule has 8 heteroatoms. The summed E-state index contributed by atoms with van der Waals surface area (Å²) < 4.78 is 11.1. The van der Waals surface area contributed by atoms with Gasteiger partial charge in [-0.15, -0.1) is 11.3 Å². The Morgan fingerprint density at radius 3 is 2.63 bits per heavy atom. The lowest BCUT2D eigenvalue weighted by Crippen LogP contribution is -2.34. The van der Waals surface area contributed by atoms with Gasteiger partial charge in [-0.1, -0.05) is 0 Å². The Bertz CT molecular complexity index is 902. The van der Waals surface area contributed by atoms with Gasteiger partial charge in [-0.2, -0.15) is 0 Å². The maximum Gasteiger partial charge on any atom is 0.340 e. The highest BCUT2D eigenvalue weighted by atomic mass is 32.1. The lowest BCUT2D eigenvalue weighted by Gasteiger charge is -2.26. The van der Waals surface area contributed by atoms with Crippen molar-refractivity contribution in [2.45, 2.75) is 31.8 Å². The first-order valence-corrected chi connectivity index (χ1v) is 11.3. The van der Waals surface area contributed by atoms with Crippen LogP contribution in [0.15, 0.2) is 29.0 Å². The Morgan fingerprint density at radius 2 is 1.90 bits per heavy atom. The standard InChI is InChI=1S/C22H27N3O4S/c1-28-22(27)18-13-30-14-19(18)24-21(26)17-5-4-15(25-10-2-3-11-25)12-20(17)29-16-6-8-23-9-7-16/h4-5,12-14,16,23H,2-3,6-11H2,1H3,(H,24,26). The van der Waals surface area contributed by atoms with E-state index in [1.54, 1.807) is 10.8 Å². The number of carbonyl (C=O) groups is 2. The first-order chi connectivity index (χ1) is 14.7. The maximum atomic E-state index is 13.1. The molecule has 4 rings (SSSR count). The van der Waals surface area contributed by atoms with Gasteiger partial charge >= 0.3 is 5.97 Å². The monoisotopic (exact) mass is 429 g/mol. The number of esters is 1. The number of nitrogens with one attached hydrogen (secondary N) is 2. The molecule has 160 valence electrons. The molecule has 7 nitrogen and oxygen atoms in total. The van der Waals surface area contributed by atoms with Crippen LogP contribution in [0.3, 0.4) is 0 Å². The van der Waals surface area contributed by atoms with Crippen LogP contribution in [0.1, 0.15) is 46.4 Å². The number of rotatable bonds is 6.